The first-order chi connectivity index (χ1) is 13.9. The van der Waals surface area contributed by atoms with Crippen molar-refractivity contribution in [1.29, 1.82) is 0 Å². The Labute approximate surface area is 178 Å². The molecule has 2 aromatic rings. The number of thiol groups is 1. The summed E-state index contributed by atoms with van der Waals surface area (Å²) in [5.74, 6) is -1.59. The summed E-state index contributed by atoms with van der Waals surface area (Å²) >= 11 is 5.54. The second-order valence-corrected chi connectivity index (χ2v) is 7.95. The molecule has 1 aromatic carbocycles. The molecule has 6 N–H and O–H groups in total. The molecule has 0 aliphatic carbocycles. The van der Waals surface area contributed by atoms with Crippen LogP contribution in [0.2, 0.25) is 0 Å². The fourth-order valence-corrected chi connectivity index (χ4v) is 3.58. The van der Waals surface area contributed by atoms with Crippen LogP contribution in [0.1, 0.15) is 12.0 Å². The number of para-hydroxylation sites is 1. The summed E-state index contributed by atoms with van der Waals surface area (Å²) in [5.41, 5.74) is 7.66. The maximum atomic E-state index is 12.8. The molecule has 29 heavy (non-hydrogen) atoms. The quantitative estimate of drug-likeness (QED) is 0.287. The molecule has 0 radical (unpaired) electrons. The Morgan fingerprint density at radius 3 is 2.55 bits per heavy atom. The van der Waals surface area contributed by atoms with E-state index in [1.807, 2.05) is 30.5 Å². The third-order valence-corrected chi connectivity index (χ3v) is 5.51. The van der Waals surface area contributed by atoms with Crippen LogP contribution < -0.4 is 16.4 Å². The number of fused-ring (bicyclic) bond motifs is 1. The highest BCUT2D eigenvalue weighted by Crippen LogP contribution is 2.19. The number of nitrogens with one attached hydrogen (secondary N) is 3. The van der Waals surface area contributed by atoms with Gasteiger partial charge in [0, 0.05) is 29.3 Å². The molecule has 158 valence electrons. The zero-order valence-corrected chi connectivity index (χ0v) is 17.8. The van der Waals surface area contributed by atoms with Crippen LogP contribution in [0.3, 0.4) is 0 Å². The number of hydrogen-bond donors (Lipinski definition) is 6. The number of carbonyl (C=O) groups is 3. The van der Waals surface area contributed by atoms with Gasteiger partial charge in [-0.15, -0.1) is 0 Å². The van der Waals surface area contributed by atoms with E-state index in [1.54, 1.807) is 18.0 Å². The summed E-state index contributed by atoms with van der Waals surface area (Å²) < 4.78 is 0. The average Bonchev–Trinajstić information content (AvgIpc) is 3.12. The van der Waals surface area contributed by atoms with Gasteiger partial charge in [0.15, 0.2) is 0 Å². The molecule has 3 unspecified atom stereocenters. The number of H-pyrrole nitrogens is 1. The van der Waals surface area contributed by atoms with Crippen LogP contribution in [0.5, 0.6) is 0 Å². The van der Waals surface area contributed by atoms with Crippen LogP contribution in [0.15, 0.2) is 30.5 Å². The number of aliphatic carboxylic acids is 1. The summed E-state index contributed by atoms with van der Waals surface area (Å²) in [6.07, 6.45) is 4.36. The number of rotatable bonds is 11. The van der Waals surface area contributed by atoms with Crippen LogP contribution in [0.25, 0.3) is 10.9 Å². The van der Waals surface area contributed by atoms with Crippen molar-refractivity contribution in [2.75, 3.05) is 17.8 Å². The molecule has 0 spiro atoms. The fraction of sp³-hybridized carbons (Fsp3) is 0.421. The lowest BCUT2D eigenvalue weighted by molar-refractivity contribution is -0.141. The van der Waals surface area contributed by atoms with Gasteiger partial charge in [-0.3, -0.25) is 9.59 Å². The lowest BCUT2D eigenvalue weighted by atomic mass is 10.0. The van der Waals surface area contributed by atoms with Crippen molar-refractivity contribution in [1.82, 2.24) is 15.6 Å². The van der Waals surface area contributed by atoms with E-state index in [4.69, 9.17) is 5.73 Å². The van der Waals surface area contributed by atoms with Gasteiger partial charge in [-0.1, -0.05) is 18.2 Å². The highest BCUT2D eigenvalue weighted by Gasteiger charge is 2.28. The molecule has 0 bridgehead atoms. The number of amides is 2. The molecular weight excluding hydrogens is 412 g/mol. The van der Waals surface area contributed by atoms with Crippen molar-refractivity contribution in [3.05, 3.63) is 36.0 Å². The number of carbonyl (C=O) groups excluding carboxylic acids is 2. The molecule has 0 fully saturated rings. The van der Waals surface area contributed by atoms with Crippen LogP contribution >= 0.6 is 24.4 Å². The summed E-state index contributed by atoms with van der Waals surface area (Å²) in [6, 6.07) is 4.72. The zero-order valence-electron chi connectivity index (χ0n) is 16.1. The van der Waals surface area contributed by atoms with E-state index in [0.29, 0.717) is 12.2 Å². The number of nitrogens with two attached hydrogens (primary N) is 1. The third kappa shape index (κ3) is 6.41. The van der Waals surface area contributed by atoms with E-state index >= 15 is 0 Å². The van der Waals surface area contributed by atoms with Crippen molar-refractivity contribution < 1.29 is 19.5 Å². The predicted molar refractivity (Wildman–Crippen MR) is 118 cm³/mol. The lowest BCUT2D eigenvalue weighted by Crippen LogP contribution is -2.55. The third-order valence-electron chi connectivity index (χ3n) is 4.50. The molecule has 1 heterocycles. The van der Waals surface area contributed by atoms with Gasteiger partial charge in [0.05, 0.1) is 6.04 Å². The summed E-state index contributed by atoms with van der Waals surface area (Å²) in [5, 5.41) is 15.2. The van der Waals surface area contributed by atoms with Crippen LogP contribution in [-0.2, 0) is 20.8 Å². The Morgan fingerprint density at radius 1 is 1.21 bits per heavy atom. The summed E-state index contributed by atoms with van der Waals surface area (Å²) in [4.78, 5) is 39.6. The second-order valence-electron chi connectivity index (χ2n) is 6.59. The number of aromatic amines is 1. The molecule has 1 aromatic heterocycles. The van der Waals surface area contributed by atoms with Gasteiger partial charge in [0.1, 0.15) is 12.1 Å². The van der Waals surface area contributed by atoms with Gasteiger partial charge in [-0.25, -0.2) is 4.79 Å². The first-order valence-corrected chi connectivity index (χ1v) is 11.1. The summed E-state index contributed by atoms with van der Waals surface area (Å²) in [7, 11) is 0. The van der Waals surface area contributed by atoms with Gasteiger partial charge in [-0.2, -0.15) is 24.4 Å². The normalized spacial score (nSPS) is 14.2. The Kier molecular flexibility index (Phi) is 8.87. The average molecular weight is 439 g/mol. The minimum absolute atomic E-state index is 0.0674. The maximum Gasteiger partial charge on any atom is 0.327 e. The Balaban J connectivity index is 2.21. The minimum Gasteiger partial charge on any atom is -0.480 e. The Hall–Kier alpha value is -2.17. The largest absolute Gasteiger partial charge is 0.480 e. The molecular formula is C19H26N4O4S2. The van der Waals surface area contributed by atoms with E-state index < -0.39 is 35.9 Å². The number of carboxylic acids is 1. The first-order valence-electron chi connectivity index (χ1n) is 9.11. The molecule has 2 rings (SSSR count). The maximum absolute atomic E-state index is 12.8. The number of thioether (sulfide) groups is 1. The summed E-state index contributed by atoms with van der Waals surface area (Å²) in [6.45, 7) is 0. The Bertz CT molecular complexity index is 858. The van der Waals surface area contributed by atoms with Crippen LogP contribution in [0.4, 0.5) is 0 Å². The van der Waals surface area contributed by atoms with E-state index in [2.05, 4.69) is 28.2 Å². The molecule has 0 saturated heterocycles. The number of carboxylic acid groups (broad SMARTS) is 1. The van der Waals surface area contributed by atoms with Crippen molar-refractivity contribution in [2.24, 2.45) is 5.73 Å². The van der Waals surface area contributed by atoms with Crippen molar-refractivity contribution in [2.45, 2.75) is 31.0 Å². The smallest absolute Gasteiger partial charge is 0.327 e. The SMILES string of the molecule is CSCCC(N)C(=O)NC(Cc1c[nH]c2ccccc12)C(=O)NC(CS)C(=O)O. The van der Waals surface area contributed by atoms with Gasteiger partial charge in [0.25, 0.3) is 0 Å². The molecule has 10 heteroatoms. The molecule has 0 saturated carbocycles. The van der Waals surface area contributed by atoms with E-state index in [0.717, 1.165) is 16.5 Å². The molecule has 0 aliphatic rings. The highest BCUT2D eigenvalue weighted by molar-refractivity contribution is 7.98. The van der Waals surface area contributed by atoms with Crippen molar-refractivity contribution >= 4 is 53.1 Å². The predicted octanol–water partition coefficient (Wildman–Crippen LogP) is 0.775. The molecule has 3 atom stereocenters. The number of aromatic nitrogens is 1. The second kappa shape index (κ2) is 11.1. The van der Waals surface area contributed by atoms with Crippen LogP contribution in [0, 0.1) is 0 Å². The lowest BCUT2D eigenvalue weighted by Gasteiger charge is -2.22. The van der Waals surface area contributed by atoms with Crippen molar-refractivity contribution in [3.8, 4) is 0 Å². The van der Waals surface area contributed by atoms with E-state index in [9.17, 15) is 19.5 Å². The standard InChI is InChI=1S/C19H26N4O4S2/c1-29-7-6-13(20)17(24)22-15(18(25)23-16(10-28)19(26)27)8-11-9-21-14-5-3-2-4-12(11)14/h2-5,9,13,15-16,21,28H,6-8,10,20H2,1H3,(H,22,24)(H,23,25)(H,26,27). The first kappa shape index (κ1) is 23.1. The fourth-order valence-electron chi connectivity index (χ4n) is 2.84. The van der Waals surface area contributed by atoms with Gasteiger partial charge in [0.2, 0.25) is 11.8 Å². The van der Waals surface area contributed by atoms with Gasteiger partial charge < -0.3 is 26.5 Å². The van der Waals surface area contributed by atoms with Crippen molar-refractivity contribution in [3.63, 3.8) is 0 Å². The van der Waals surface area contributed by atoms with Gasteiger partial charge >= 0.3 is 5.97 Å². The molecule has 0 aliphatic heterocycles. The monoisotopic (exact) mass is 438 g/mol. The highest BCUT2D eigenvalue weighted by atomic mass is 32.2. The van der Waals surface area contributed by atoms with Gasteiger partial charge in [-0.05, 0) is 30.1 Å². The zero-order chi connectivity index (χ0) is 21.4. The van der Waals surface area contributed by atoms with E-state index in [1.165, 1.54) is 0 Å². The number of hydrogen-bond acceptors (Lipinski definition) is 6. The number of benzene rings is 1. The Morgan fingerprint density at radius 2 is 1.90 bits per heavy atom. The van der Waals surface area contributed by atoms with Crippen LogP contribution in [-0.4, -0.2) is 63.8 Å². The molecule has 2 amide bonds. The minimum atomic E-state index is -1.19. The van der Waals surface area contributed by atoms with E-state index in [-0.39, 0.29) is 12.2 Å². The molecule has 8 nitrogen and oxygen atoms in total. The topological polar surface area (TPSA) is 137 Å².